The van der Waals surface area contributed by atoms with Gasteiger partial charge < -0.3 is 0 Å². The van der Waals surface area contributed by atoms with Crippen molar-refractivity contribution in [3.05, 3.63) is 44.8 Å². The predicted molar refractivity (Wildman–Crippen MR) is 44.2 cm³/mol. The van der Waals surface area contributed by atoms with Gasteiger partial charge in [-0.25, -0.2) is 8.78 Å². The molecule has 0 radical (unpaired) electrons. The van der Waals surface area contributed by atoms with E-state index in [0.717, 1.165) is 12.1 Å². The lowest BCUT2D eigenvalue weighted by Gasteiger charge is -2.00. The van der Waals surface area contributed by atoms with Crippen LogP contribution >= 0.6 is 11.6 Å². The zero-order chi connectivity index (χ0) is 9.84. The molecular formula is C7H4ClF2N3. The van der Waals surface area contributed by atoms with Crippen LogP contribution in [0.15, 0.2) is 17.2 Å². The number of rotatable bonds is 2. The molecule has 0 aliphatic carbocycles. The van der Waals surface area contributed by atoms with Gasteiger partial charge in [0, 0.05) is 9.93 Å². The van der Waals surface area contributed by atoms with Gasteiger partial charge in [0.15, 0.2) is 11.6 Å². The van der Waals surface area contributed by atoms with Crippen LogP contribution in [-0.4, -0.2) is 0 Å². The van der Waals surface area contributed by atoms with E-state index in [1.807, 2.05) is 0 Å². The Kier molecular flexibility index (Phi) is 3.06. The average Bonchev–Trinajstić information content (AvgIpc) is 2.09. The first-order valence-electron chi connectivity index (χ1n) is 3.29. The number of hydrogen-bond acceptors (Lipinski definition) is 1. The fraction of sp³-hybridized carbons (Fsp3) is 0.143. The highest BCUT2D eigenvalue weighted by atomic mass is 35.5. The minimum atomic E-state index is -1.02. The second-order valence-electron chi connectivity index (χ2n) is 2.25. The molecule has 0 spiro atoms. The maximum Gasteiger partial charge on any atom is 0.160 e. The first-order chi connectivity index (χ1) is 6.15. The number of benzene rings is 1. The van der Waals surface area contributed by atoms with Crippen molar-refractivity contribution in [1.82, 2.24) is 0 Å². The van der Waals surface area contributed by atoms with Gasteiger partial charge in [-0.15, -0.1) is 0 Å². The van der Waals surface area contributed by atoms with Gasteiger partial charge in [-0.05, 0) is 23.2 Å². The predicted octanol–water partition coefficient (Wildman–Crippen LogP) is 3.43. The molecule has 1 aromatic carbocycles. The van der Waals surface area contributed by atoms with Crippen LogP contribution in [0.3, 0.4) is 0 Å². The molecule has 1 aromatic rings. The first-order valence-corrected chi connectivity index (χ1v) is 3.67. The lowest BCUT2D eigenvalue weighted by molar-refractivity contribution is 0.507. The van der Waals surface area contributed by atoms with Gasteiger partial charge in [0.2, 0.25) is 0 Å². The highest BCUT2D eigenvalue weighted by Crippen LogP contribution is 2.20. The van der Waals surface area contributed by atoms with E-state index in [-0.39, 0.29) is 17.1 Å². The molecular weight excluding hydrogens is 200 g/mol. The third kappa shape index (κ3) is 2.31. The highest BCUT2D eigenvalue weighted by Gasteiger charge is 2.06. The Bertz CT molecular complexity index is 374. The zero-order valence-corrected chi connectivity index (χ0v) is 7.09. The van der Waals surface area contributed by atoms with Crippen molar-refractivity contribution < 1.29 is 8.78 Å². The SMILES string of the molecule is [N-]=[N+]=NCc1cc(F)c(F)cc1Cl. The van der Waals surface area contributed by atoms with Gasteiger partial charge in [0.25, 0.3) is 0 Å². The van der Waals surface area contributed by atoms with Crippen LogP contribution in [0.2, 0.25) is 5.02 Å². The monoisotopic (exact) mass is 203 g/mol. The summed E-state index contributed by atoms with van der Waals surface area (Å²) >= 11 is 5.55. The Morgan fingerprint density at radius 2 is 2.00 bits per heavy atom. The Morgan fingerprint density at radius 1 is 1.38 bits per heavy atom. The zero-order valence-electron chi connectivity index (χ0n) is 6.34. The fourth-order valence-electron chi connectivity index (χ4n) is 0.793. The lowest BCUT2D eigenvalue weighted by Crippen LogP contribution is -1.89. The quantitative estimate of drug-likeness (QED) is 0.306. The molecule has 0 unspecified atom stereocenters. The Labute approximate surface area is 77.6 Å². The summed E-state index contributed by atoms with van der Waals surface area (Å²) in [5.74, 6) is -2.03. The van der Waals surface area contributed by atoms with Crippen molar-refractivity contribution in [3.8, 4) is 0 Å². The third-order valence-corrected chi connectivity index (χ3v) is 1.75. The van der Waals surface area contributed by atoms with Crippen molar-refractivity contribution >= 4 is 11.6 Å². The van der Waals surface area contributed by atoms with Gasteiger partial charge in [-0.1, -0.05) is 16.7 Å². The van der Waals surface area contributed by atoms with Gasteiger partial charge in [-0.3, -0.25) is 0 Å². The molecule has 1 rings (SSSR count). The maximum atomic E-state index is 12.6. The minimum absolute atomic E-state index is 0.0475. The van der Waals surface area contributed by atoms with Crippen molar-refractivity contribution in [3.63, 3.8) is 0 Å². The van der Waals surface area contributed by atoms with E-state index in [4.69, 9.17) is 17.1 Å². The van der Waals surface area contributed by atoms with Gasteiger partial charge in [-0.2, -0.15) is 0 Å². The van der Waals surface area contributed by atoms with Gasteiger partial charge in [0.05, 0.1) is 6.54 Å². The molecule has 6 heteroatoms. The van der Waals surface area contributed by atoms with Crippen molar-refractivity contribution in [2.45, 2.75) is 6.54 Å². The largest absolute Gasteiger partial charge is 0.204 e. The molecule has 3 nitrogen and oxygen atoms in total. The molecule has 68 valence electrons. The topological polar surface area (TPSA) is 48.8 Å². The smallest absolute Gasteiger partial charge is 0.160 e. The van der Waals surface area contributed by atoms with Crippen LogP contribution in [-0.2, 0) is 6.54 Å². The molecule has 0 aliphatic heterocycles. The van der Waals surface area contributed by atoms with Crippen LogP contribution in [0.25, 0.3) is 10.4 Å². The highest BCUT2D eigenvalue weighted by molar-refractivity contribution is 6.31. The molecule has 0 amide bonds. The molecule has 0 fully saturated rings. The standard InChI is InChI=1S/C7H4ClF2N3/c8-5-2-7(10)6(9)1-4(5)3-12-13-11/h1-2H,3H2. The normalized spacial score (nSPS) is 9.46. The summed E-state index contributed by atoms with van der Waals surface area (Å²) in [6, 6.07) is 1.76. The maximum absolute atomic E-state index is 12.6. The van der Waals surface area contributed by atoms with Crippen LogP contribution in [0.5, 0.6) is 0 Å². The molecule has 0 saturated heterocycles. The van der Waals surface area contributed by atoms with E-state index < -0.39 is 11.6 Å². The number of hydrogen-bond donors (Lipinski definition) is 0. The van der Waals surface area contributed by atoms with E-state index >= 15 is 0 Å². The van der Waals surface area contributed by atoms with Crippen LogP contribution in [0, 0.1) is 11.6 Å². The first kappa shape index (κ1) is 9.77. The van der Waals surface area contributed by atoms with Crippen LogP contribution < -0.4 is 0 Å². The van der Waals surface area contributed by atoms with Crippen molar-refractivity contribution in [2.24, 2.45) is 5.11 Å². The molecule has 0 saturated carbocycles. The van der Waals surface area contributed by atoms with E-state index in [1.165, 1.54) is 0 Å². The lowest BCUT2D eigenvalue weighted by atomic mass is 10.2. The summed E-state index contributed by atoms with van der Waals surface area (Å²) < 4.78 is 25.1. The summed E-state index contributed by atoms with van der Waals surface area (Å²) in [4.78, 5) is 2.47. The second-order valence-corrected chi connectivity index (χ2v) is 2.65. The Morgan fingerprint density at radius 3 is 2.62 bits per heavy atom. The molecule has 0 heterocycles. The molecule has 0 N–H and O–H groups in total. The van der Waals surface area contributed by atoms with Gasteiger partial charge in [0.1, 0.15) is 0 Å². The van der Waals surface area contributed by atoms with E-state index in [0.29, 0.717) is 0 Å². The van der Waals surface area contributed by atoms with E-state index in [9.17, 15) is 8.78 Å². The summed E-state index contributed by atoms with van der Waals surface area (Å²) in [5.41, 5.74) is 8.25. The summed E-state index contributed by atoms with van der Waals surface area (Å²) in [6.07, 6.45) is 0. The van der Waals surface area contributed by atoms with Gasteiger partial charge >= 0.3 is 0 Å². The molecule has 0 aliphatic rings. The third-order valence-electron chi connectivity index (χ3n) is 1.39. The van der Waals surface area contributed by atoms with Crippen molar-refractivity contribution in [2.75, 3.05) is 0 Å². The second kappa shape index (κ2) is 4.07. The molecule has 0 atom stereocenters. The number of nitrogens with zero attached hydrogens (tertiary/aromatic N) is 3. The van der Waals surface area contributed by atoms with Crippen LogP contribution in [0.4, 0.5) is 8.78 Å². The minimum Gasteiger partial charge on any atom is -0.204 e. The van der Waals surface area contributed by atoms with Crippen molar-refractivity contribution in [1.29, 1.82) is 0 Å². The van der Waals surface area contributed by atoms with Crippen LogP contribution in [0.1, 0.15) is 5.56 Å². The average molecular weight is 204 g/mol. The molecule has 13 heavy (non-hydrogen) atoms. The number of azide groups is 1. The van der Waals surface area contributed by atoms with E-state index in [1.54, 1.807) is 0 Å². The molecule has 0 bridgehead atoms. The Balaban J connectivity index is 3.07. The summed E-state index contributed by atoms with van der Waals surface area (Å²) in [7, 11) is 0. The summed E-state index contributed by atoms with van der Waals surface area (Å²) in [6.45, 7) is -0.0907. The molecule has 0 aromatic heterocycles. The Hall–Kier alpha value is -1.32. The fourth-order valence-corrected chi connectivity index (χ4v) is 1.00. The number of halogens is 3. The summed E-state index contributed by atoms with van der Waals surface area (Å²) in [5, 5.41) is 3.23. The van der Waals surface area contributed by atoms with E-state index in [2.05, 4.69) is 10.0 Å².